The van der Waals surface area contributed by atoms with Crippen LogP contribution in [0.1, 0.15) is 15.9 Å². The molecule has 4 rings (SSSR count). The van der Waals surface area contributed by atoms with Gasteiger partial charge in [-0.05, 0) is 58.8 Å². The molecular formula is C22H18N2O3. The summed E-state index contributed by atoms with van der Waals surface area (Å²) in [5.74, 6) is 0.878. The topological polar surface area (TPSA) is 53.4 Å². The lowest BCUT2D eigenvalue weighted by atomic mass is 10.1. The number of ether oxygens (including phenoxy) is 2. The second-order valence-corrected chi connectivity index (χ2v) is 6.16. The molecule has 5 heteroatoms. The van der Waals surface area contributed by atoms with E-state index in [2.05, 4.69) is 5.10 Å². The Balaban J connectivity index is 1.49. The Labute approximate surface area is 156 Å². The average Bonchev–Trinajstić information content (AvgIpc) is 3.21. The van der Waals surface area contributed by atoms with E-state index < -0.39 is 0 Å². The minimum absolute atomic E-state index is 0.386. The summed E-state index contributed by atoms with van der Waals surface area (Å²) in [6.45, 7) is 0.662. The molecule has 1 aromatic heterocycles. The molecule has 0 spiro atoms. The van der Waals surface area contributed by atoms with E-state index in [9.17, 15) is 4.79 Å². The second kappa shape index (κ2) is 7.33. The molecule has 0 atom stereocenters. The van der Waals surface area contributed by atoms with Crippen LogP contribution in [0.4, 0.5) is 0 Å². The predicted molar refractivity (Wildman–Crippen MR) is 103 cm³/mol. The van der Waals surface area contributed by atoms with Gasteiger partial charge in [0, 0.05) is 12.4 Å². The normalized spacial score (nSPS) is 10.7. The van der Waals surface area contributed by atoms with Crippen molar-refractivity contribution in [2.45, 2.75) is 6.54 Å². The molecule has 0 aliphatic heterocycles. The van der Waals surface area contributed by atoms with Gasteiger partial charge in [0.25, 0.3) is 0 Å². The molecule has 0 saturated heterocycles. The number of hydrogen-bond acceptors (Lipinski definition) is 4. The van der Waals surface area contributed by atoms with Gasteiger partial charge in [-0.1, -0.05) is 24.3 Å². The van der Waals surface area contributed by atoms with Crippen LogP contribution in [-0.4, -0.2) is 22.9 Å². The van der Waals surface area contributed by atoms with Crippen molar-refractivity contribution >= 4 is 16.7 Å². The Bertz CT molecular complexity index is 1070. The van der Waals surface area contributed by atoms with Crippen molar-refractivity contribution in [2.24, 2.45) is 0 Å². The lowest BCUT2D eigenvalue weighted by molar-refractivity contribution is 0.0735. The van der Waals surface area contributed by atoms with Crippen LogP contribution < -0.4 is 9.47 Å². The maximum atomic E-state index is 12.4. The first-order valence-corrected chi connectivity index (χ1v) is 8.58. The summed E-state index contributed by atoms with van der Waals surface area (Å²) in [6.07, 6.45) is 3.64. The highest BCUT2D eigenvalue weighted by Crippen LogP contribution is 2.25. The molecule has 0 amide bonds. The first kappa shape index (κ1) is 16.8. The van der Waals surface area contributed by atoms with Crippen LogP contribution in [0, 0.1) is 0 Å². The number of benzene rings is 3. The maximum absolute atomic E-state index is 12.4. The molecule has 0 N–H and O–H groups in total. The van der Waals surface area contributed by atoms with Crippen LogP contribution in [0.5, 0.6) is 11.5 Å². The standard InChI is InChI=1S/C22H18N2O3/c1-26-20-9-7-17-8-10-21(14-19(17)13-20)27-22(25)18-5-3-16(4-6-18)15-24-12-2-11-23-24/h2-14H,15H2,1H3. The Morgan fingerprint density at radius 3 is 2.41 bits per heavy atom. The highest BCUT2D eigenvalue weighted by Gasteiger charge is 2.09. The number of carbonyl (C=O) groups is 1. The number of carbonyl (C=O) groups excluding carboxylic acids is 1. The zero-order chi connectivity index (χ0) is 18.6. The van der Waals surface area contributed by atoms with Gasteiger partial charge in [0.15, 0.2) is 0 Å². The Kier molecular flexibility index (Phi) is 4.58. The average molecular weight is 358 g/mol. The Morgan fingerprint density at radius 1 is 0.963 bits per heavy atom. The fraction of sp³-hybridized carbons (Fsp3) is 0.0909. The monoisotopic (exact) mass is 358 g/mol. The Morgan fingerprint density at radius 2 is 1.70 bits per heavy atom. The molecule has 0 radical (unpaired) electrons. The summed E-state index contributed by atoms with van der Waals surface area (Å²) in [5, 5.41) is 6.19. The van der Waals surface area contributed by atoms with Crippen LogP contribution in [0.3, 0.4) is 0 Å². The maximum Gasteiger partial charge on any atom is 0.343 e. The number of methoxy groups -OCH3 is 1. The first-order valence-electron chi connectivity index (χ1n) is 8.58. The highest BCUT2D eigenvalue weighted by atomic mass is 16.5. The van der Waals surface area contributed by atoms with Gasteiger partial charge in [0.2, 0.25) is 0 Å². The summed E-state index contributed by atoms with van der Waals surface area (Å²) in [7, 11) is 1.63. The Hall–Kier alpha value is -3.60. The molecule has 3 aromatic carbocycles. The van der Waals surface area contributed by atoms with E-state index in [0.717, 1.165) is 22.1 Å². The van der Waals surface area contributed by atoms with Gasteiger partial charge in [0.1, 0.15) is 11.5 Å². The number of fused-ring (bicyclic) bond motifs is 1. The largest absolute Gasteiger partial charge is 0.497 e. The van der Waals surface area contributed by atoms with Crippen LogP contribution in [0.2, 0.25) is 0 Å². The van der Waals surface area contributed by atoms with E-state index in [0.29, 0.717) is 17.9 Å². The van der Waals surface area contributed by atoms with Gasteiger partial charge < -0.3 is 9.47 Å². The SMILES string of the molecule is COc1ccc2ccc(OC(=O)c3ccc(Cn4cccn4)cc3)cc2c1. The number of hydrogen-bond donors (Lipinski definition) is 0. The minimum Gasteiger partial charge on any atom is -0.497 e. The van der Waals surface area contributed by atoms with Gasteiger partial charge >= 0.3 is 5.97 Å². The second-order valence-electron chi connectivity index (χ2n) is 6.16. The first-order chi connectivity index (χ1) is 13.2. The van der Waals surface area contributed by atoms with E-state index in [4.69, 9.17) is 9.47 Å². The summed E-state index contributed by atoms with van der Waals surface area (Å²) in [5.41, 5.74) is 1.57. The van der Waals surface area contributed by atoms with E-state index in [1.165, 1.54) is 0 Å². The van der Waals surface area contributed by atoms with Crippen LogP contribution >= 0.6 is 0 Å². The van der Waals surface area contributed by atoms with Crippen molar-refractivity contribution in [3.05, 3.63) is 90.3 Å². The molecule has 0 aliphatic carbocycles. The number of esters is 1. The molecular weight excluding hydrogens is 340 g/mol. The number of nitrogens with zero attached hydrogens (tertiary/aromatic N) is 2. The molecule has 0 aliphatic rings. The zero-order valence-corrected chi connectivity index (χ0v) is 14.8. The lowest BCUT2D eigenvalue weighted by Crippen LogP contribution is -2.09. The van der Waals surface area contributed by atoms with E-state index in [1.807, 2.05) is 59.4 Å². The van der Waals surface area contributed by atoms with Crippen molar-refractivity contribution < 1.29 is 14.3 Å². The van der Waals surface area contributed by atoms with Crippen molar-refractivity contribution in [2.75, 3.05) is 7.11 Å². The van der Waals surface area contributed by atoms with Crippen LogP contribution in [-0.2, 0) is 6.54 Å². The minimum atomic E-state index is -0.386. The molecule has 0 fully saturated rings. The van der Waals surface area contributed by atoms with Gasteiger partial charge in [0.05, 0.1) is 19.2 Å². The molecule has 1 heterocycles. The molecule has 27 heavy (non-hydrogen) atoms. The molecule has 4 aromatic rings. The third kappa shape index (κ3) is 3.82. The number of rotatable bonds is 5. The predicted octanol–water partition coefficient (Wildman–Crippen LogP) is 4.31. The lowest BCUT2D eigenvalue weighted by Gasteiger charge is -2.08. The van der Waals surface area contributed by atoms with Crippen molar-refractivity contribution in [1.82, 2.24) is 9.78 Å². The fourth-order valence-corrected chi connectivity index (χ4v) is 2.89. The zero-order valence-electron chi connectivity index (χ0n) is 14.8. The third-order valence-corrected chi connectivity index (χ3v) is 4.32. The fourth-order valence-electron chi connectivity index (χ4n) is 2.89. The van der Waals surface area contributed by atoms with Crippen molar-refractivity contribution in [1.29, 1.82) is 0 Å². The van der Waals surface area contributed by atoms with E-state index in [1.54, 1.807) is 31.5 Å². The van der Waals surface area contributed by atoms with Gasteiger partial charge in [-0.15, -0.1) is 0 Å². The third-order valence-electron chi connectivity index (χ3n) is 4.32. The quantitative estimate of drug-likeness (QED) is 0.394. The summed E-state index contributed by atoms with van der Waals surface area (Å²) >= 11 is 0. The number of aromatic nitrogens is 2. The van der Waals surface area contributed by atoms with Crippen molar-refractivity contribution in [3.8, 4) is 11.5 Å². The molecule has 5 nitrogen and oxygen atoms in total. The summed E-state index contributed by atoms with van der Waals surface area (Å²) in [6, 6.07) is 20.6. The van der Waals surface area contributed by atoms with Crippen LogP contribution in [0.15, 0.2) is 79.1 Å². The van der Waals surface area contributed by atoms with Crippen molar-refractivity contribution in [3.63, 3.8) is 0 Å². The molecule has 0 unspecified atom stereocenters. The molecule has 134 valence electrons. The highest BCUT2D eigenvalue weighted by molar-refractivity contribution is 5.92. The van der Waals surface area contributed by atoms with Gasteiger partial charge in [-0.25, -0.2) is 4.79 Å². The summed E-state index contributed by atoms with van der Waals surface area (Å²) < 4.78 is 12.6. The molecule has 0 bridgehead atoms. The van der Waals surface area contributed by atoms with Crippen LogP contribution in [0.25, 0.3) is 10.8 Å². The smallest absolute Gasteiger partial charge is 0.343 e. The van der Waals surface area contributed by atoms with Gasteiger partial charge in [-0.3, -0.25) is 4.68 Å². The van der Waals surface area contributed by atoms with Gasteiger partial charge in [-0.2, -0.15) is 5.10 Å². The summed E-state index contributed by atoms with van der Waals surface area (Å²) in [4.78, 5) is 12.4. The van der Waals surface area contributed by atoms with E-state index in [-0.39, 0.29) is 5.97 Å². The van der Waals surface area contributed by atoms with E-state index >= 15 is 0 Å². The molecule has 0 saturated carbocycles.